The van der Waals surface area contributed by atoms with Crippen molar-refractivity contribution in [1.82, 2.24) is 4.90 Å². The summed E-state index contributed by atoms with van der Waals surface area (Å²) in [7, 11) is 1.87. The van der Waals surface area contributed by atoms with Crippen molar-refractivity contribution in [3.8, 4) is 11.5 Å². The summed E-state index contributed by atoms with van der Waals surface area (Å²) in [5, 5.41) is 12.0. The Bertz CT molecular complexity index is 641. The van der Waals surface area contributed by atoms with E-state index < -0.39 is 0 Å². The highest BCUT2D eigenvalue weighted by Gasteiger charge is 2.07. The summed E-state index contributed by atoms with van der Waals surface area (Å²) >= 11 is 0. The molecule has 0 atom stereocenters. The Hall–Kier alpha value is -2.53. The summed E-state index contributed by atoms with van der Waals surface area (Å²) in [5.74, 6) is 0.911. The summed E-state index contributed by atoms with van der Waals surface area (Å²) in [6.07, 6.45) is 0. The second kappa shape index (κ2) is 8.19. The van der Waals surface area contributed by atoms with Crippen LogP contribution in [0.3, 0.4) is 0 Å². The van der Waals surface area contributed by atoms with E-state index in [9.17, 15) is 9.90 Å². The molecule has 5 heteroatoms. The molecule has 122 valence electrons. The molecule has 5 nitrogen and oxygen atoms in total. The summed E-state index contributed by atoms with van der Waals surface area (Å²) in [6.45, 7) is 3.47. The minimum Gasteiger partial charge on any atom is -0.508 e. The van der Waals surface area contributed by atoms with Gasteiger partial charge in [-0.1, -0.05) is 12.1 Å². The number of likely N-dealkylation sites (N-methyl/N-ethyl adjacent to an activating group) is 1. The van der Waals surface area contributed by atoms with Gasteiger partial charge in [0.2, 0.25) is 5.91 Å². The number of aryl methyl sites for hydroxylation is 1. The number of nitrogens with one attached hydrogen (secondary N) is 1. The number of phenolic OH excluding ortho intramolecular Hbond substituents is 1. The first-order valence-corrected chi connectivity index (χ1v) is 7.50. The van der Waals surface area contributed by atoms with Crippen LogP contribution in [0.5, 0.6) is 11.5 Å². The number of ether oxygens (including phenoxy) is 1. The molecule has 1 amide bonds. The molecule has 0 fully saturated rings. The van der Waals surface area contributed by atoms with E-state index in [1.165, 1.54) is 12.1 Å². The monoisotopic (exact) mass is 314 g/mol. The molecule has 0 aliphatic carbocycles. The average molecular weight is 314 g/mol. The zero-order valence-electron chi connectivity index (χ0n) is 13.5. The molecule has 0 saturated carbocycles. The van der Waals surface area contributed by atoms with Gasteiger partial charge < -0.3 is 15.2 Å². The van der Waals surface area contributed by atoms with Crippen LogP contribution in [0.15, 0.2) is 48.5 Å². The largest absolute Gasteiger partial charge is 0.508 e. The van der Waals surface area contributed by atoms with Crippen LogP contribution in [0.1, 0.15) is 5.56 Å². The zero-order chi connectivity index (χ0) is 16.7. The predicted octanol–water partition coefficient (Wildman–Crippen LogP) is 2.65. The SMILES string of the molecule is Cc1cccc(OCCN(C)CC(=O)Nc2ccc(O)cc2)c1. The van der Waals surface area contributed by atoms with Gasteiger partial charge in [-0.05, 0) is 55.9 Å². The molecule has 0 aromatic heterocycles. The second-order valence-corrected chi connectivity index (χ2v) is 5.50. The number of amides is 1. The van der Waals surface area contributed by atoms with Crippen LogP contribution in [-0.2, 0) is 4.79 Å². The van der Waals surface area contributed by atoms with Crippen LogP contribution >= 0.6 is 0 Å². The van der Waals surface area contributed by atoms with Gasteiger partial charge in [0.05, 0.1) is 6.54 Å². The summed E-state index contributed by atoms with van der Waals surface area (Å²) in [5.41, 5.74) is 1.82. The summed E-state index contributed by atoms with van der Waals surface area (Å²) < 4.78 is 5.67. The minimum absolute atomic E-state index is 0.103. The first-order valence-electron chi connectivity index (χ1n) is 7.50. The minimum atomic E-state index is -0.103. The lowest BCUT2D eigenvalue weighted by molar-refractivity contribution is -0.117. The maximum Gasteiger partial charge on any atom is 0.238 e. The highest BCUT2D eigenvalue weighted by molar-refractivity contribution is 5.92. The van der Waals surface area contributed by atoms with Crippen molar-refractivity contribution in [2.45, 2.75) is 6.92 Å². The molecule has 23 heavy (non-hydrogen) atoms. The Labute approximate surface area is 136 Å². The number of carbonyl (C=O) groups is 1. The van der Waals surface area contributed by atoms with Crippen LogP contribution in [0.25, 0.3) is 0 Å². The van der Waals surface area contributed by atoms with Crippen molar-refractivity contribution in [2.75, 3.05) is 32.1 Å². The van der Waals surface area contributed by atoms with Crippen molar-refractivity contribution in [2.24, 2.45) is 0 Å². The third-order valence-electron chi connectivity index (χ3n) is 3.30. The molecule has 0 radical (unpaired) electrons. The Kier molecular flexibility index (Phi) is 6.00. The van der Waals surface area contributed by atoms with Crippen LogP contribution in [-0.4, -0.2) is 42.7 Å². The van der Waals surface area contributed by atoms with Gasteiger partial charge in [0.15, 0.2) is 0 Å². The number of anilines is 1. The highest BCUT2D eigenvalue weighted by Crippen LogP contribution is 2.14. The smallest absolute Gasteiger partial charge is 0.238 e. The van der Waals surface area contributed by atoms with E-state index in [0.717, 1.165) is 11.3 Å². The summed E-state index contributed by atoms with van der Waals surface area (Å²) in [4.78, 5) is 13.8. The third-order valence-corrected chi connectivity index (χ3v) is 3.30. The third kappa shape index (κ3) is 6.00. The van der Waals surface area contributed by atoms with E-state index in [2.05, 4.69) is 5.32 Å². The van der Waals surface area contributed by atoms with Crippen molar-refractivity contribution in [3.63, 3.8) is 0 Å². The first-order chi connectivity index (χ1) is 11.0. The molecule has 0 spiro atoms. The van der Waals surface area contributed by atoms with E-state index >= 15 is 0 Å². The fraction of sp³-hybridized carbons (Fsp3) is 0.278. The zero-order valence-corrected chi connectivity index (χ0v) is 13.5. The molecule has 2 N–H and O–H groups in total. The van der Waals surface area contributed by atoms with Crippen LogP contribution in [0.4, 0.5) is 5.69 Å². The van der Waals surface area contributed by atoms with Gasteiger partial charge in [-0.2, -0.15) is 0 Å². The van der Waals surface area contributed by atoms with Crippen molar-refractivity contribution in [1.29, 1.82) is 0 Å². The molecule has 0 unspecified atom stereocenters. The number of phenols is 1. The van der Waals surface area contributed by atoms with Gasteiger partial charge in [0.1, 0.15) is 18.1 Å². The van der Waals surface area contributed by atoms with Gasteiger partial charge in [0, 0.05) is 12.2 Å². The lowest BCUT2D eigenvalue weighted by atomic mass is 10.2. The Morgan fingerprint density at radius 3 is 2.65 bits per heavy atom. The Morgan fingerprint density at radius 1 is 1.22 bits per heavy atom. The normalized spacial score (nSPS) is 10.6. The van der Waals surface area contributed by atoms with E-state index in [-0.39, 0.29) is 18.2 Å². The molecule has 0 bridgehead atoms. The molecule has 0 heterocycles. The molecular weight excluding hydrogens is 292 g/mol. The number of carbonyl (C=O) groups excluding carboxylic acids is 1. The number of nitrogens with zero attached hydrogens (tertiary/aromatic N) is 1. The maximum atomic E-state index is 11.9. The van der Waals surface area contributed by atoms with E-state index in [0.29, 0.717) is 18.8 Å². The van der Waals surface area contributed by atoms with Crippen molar-refractivity contribution in [3.05, 3.63) is 54.1 Å². The van der Waals surface area contributed by atoms with Gasteiger partial charge in [-0.25, -0.2) is 0 Å². The first kappa shape index (κ1) is 16.8. The summed E-state index contributed by atoms with van der Waals surface area (Å²) in [6, 6.07) is 14.3. The van der Waals surface area contributed by atoms with E-state index in [4.69, 9.17) is 4.74 Å². The molecule has 2 aromatic carbocycles. The Balaban J connectivity index is 1.70. The van der Waals surface area contributed by atoms with Gasteiger partial charge in [-0.3, -0.25) is 9.69 Å². The number of rotatable bonds is 7. The Morgan fingerprint density at radius 2 is 1.96 bits per heavy atom. The van der Waals surface area contributed by atoms with Gasteiger partial charge in [0.25, 0.3) is 0 Å². The molecule has 0 aliphatic rings. The van der Waals surface area contributed by atoms with Crippen LogP contribution in [0.2, 0.25) is 0 Å². The maximum absolute atomic E-state index is 11.9. The quantitative estimate of drug-likeness (QED) is 0.771. The predicted molar refractivity (Wildman–Crippen MR) is 90.9 cm³/mol. The standard InChI is InChI=1S/C18H22N2O3/c1-14-4-3-5-17(12-14)23-11-10-20(2)13-18(22)19-15-6-8-16(21)9-7-15/h3-9,12,21H,10-11,13H2,1-2H3,(H,19,22). The molecule has 0 aliphatic heterocycles. The molecule has 2 aromatic rings. The number of benzene rings is 2. The van der Waals surface area contributed by atoms with E-state index in [1.54, 1.807) is 12.1 Å². The lowest BCUT2D eigenvalue weighted by Gasteiger charge is -2.16. The number of aromatic hydroxyl groups is 1. The topological polar surface area (TPSA) is 61.8 Å². The van der Waals surface area contributed by atoms with Crippen LogP contribution in [0, 0.1) is 6.92 Å². The van der Waals surface area contributed by atoms with Crippen molar-refractivity contribution >= 4 is 11.6 Å². The fourth-order valence-electron chi connectivity index (χ4n) is 2.09. The van der Waals surface area contributed by atoms with Gasteiger partial charge >= 0.3 is 0 Å². The molecular formula is C18H22N2O3. The van der Waals surface area contributed by atoms with Crippen molar-refractivity contribution < 1.29 is 14.6 Å². The highest BCUT2D eigenvalue weighted by atomic mass is 16.5. The molecule has 0 saturated heterocycles. The second-order valence-electron chi connectivity index (χ2n) is 5.50. The molecule has 2 rings (SSSR count). The average Bonchev–Trinajstić information content (AvgIpc) is 2.49. The van der Waals surface area contributed by atoms with Gasteiger partial charge in [-0.15, -0.1) is 0 Å². The van der Waals surface area contributed by atoms with Crippen LogP contribution < -0.4 is 10.1 Å². The lowest BCUT2D eigenvalue weighted by Crippen LogP contribution is -2.33. The number of hydrogen-bond acceptors (Lipinski definition) is 4. The van der Waals surface area contributed by atoms with E-state index in [1.807, 2.05) is 43.1 Å². The number of hydrogen-bond donors (Lipinski definition) is 2. The fourth-order valence-corrected chi connectivity index (χ4v) is 2.09.